The maximum absolute atomic E-state index is 11.3. The highest BCUT2D eigenvalue weighted by molar-refractivity contribution is 7.89. The Morgan fingerprint density at radius 2 is 2.15 bits per heavy atom. The van der Waals surface area contributed by atoms with E-state index in [0.29, 0.717) is 5.92 Å². The van der Waals surface area contributed by atoms with Gasteiger partial charge in [-0.1, -0.05) is 13.3 Å². The molecule has 13 heavy (non-hydrogen) atoms. The van der Waals surface area contributed by atoms with E-state index in [1.165, 1.54) is 0 Å². The molecule has 0 spiro atoms. The van der Waals surface area contributed by atoms with Crippen molar-refractivity contribution in [3.8, 4) is 0 Å². The Morgan fingerprint density at radius 1 is 1.46 bits per heavy atom. The van der Waals surface area contributed by atoms with E-state index in [1.54, 1.807) is 0 Å². The lowest BCUT2D eigenvalue weighted by molar-refractivity contribution is 0.318. The molecule has 5 heteroatoms. The number of hydrogen-bond acceptors (Lipinski definition) is 3. The first-order chi connectivity index (χ1) is 6.05. The largest absolute Gasteiger partial charge is 0.395 e. The van der Waals surface area contributed by atoms with Crippen molar-refractivity contribution in [3.63, 3.8) is 0 Å². The van der Waals surface area contributed by atoms with Gasteiger partial charge >= 0.3 is 0 Å². The Kier molecular flexibility index (Phi) is 3.70. The summed E-state index contributed by atoms with van der Waals surface area (Å²) in [5.41, 5.74) is 0. The molecule has 1 saturated carbocycles. The van der Waals surface area contributed by atoms with Crippen LogP contribution in [0.25, 0.3) is 0 Å². The normalized spacial score (nSPS) is 29.4. The van der Waals surface area contributed by atoms with Crippen LogP contribution in [-0.2, 0) is 10.0 Å². The smallest absolute Gasteiger partial charge is 0.214 e. The SMILES string of the molecule is CC1CCCC1NS(=O)(=O)CCO. The third-order valence-electron chi connectivity index (χ3n) is 2.55. The van der Waals surface area contributed by atoms with Gasteiger partial charge in [-0.2, -0.15) is 0 Å². The zero-order chi connectivity index (χ0) is 9.90. The summed E-state index contributed by atoms with van der Waals surface area (Å²) >= 11 is 0. The molecule has 4 nitrogen and oxygen atoms in total. The molecule has 0 aromatic rings. The molecule has 0 aliphatic heterocycles. The molecule has 0 heterocycles. The van der Waals surface area contributed by atoms with Crippen LogP contribution in [0.1, 0.15) is 26.2 Å². The van der Waals surface area contributed by atoms with Crippen LogP contribution in [0.2, 0.25) is 0 Å². The molecular weight excluding hydrogens is 190 g/mol. The molecule has 1 aliphatic carbocycles. The number of aliphatic hydroxyl groups is 1. The molecule has 2 N–H and O–H groups in total. The predicted molar refractivity (Wildman–Crippen MR) is 50.8 cm³/mol. The first-order valence-electron chi connectivity index (χ1n) is 4.66. The lowest BCUT2D eigenvalue weighted by Gasteiger charge is -2.16. The van der Waals surface area contributed by atoms with Gasteiger partial charge < -0.3 is 5.11 Å². The van der Waals surface area contributed by atoms with Crippen molar-refractivity contribution in [2.24, 2.45) is 5.92 Å². The first kappa shape index (κ1) is 10.9. The Morgan fingerprint density at radius 3 is 2.62 bits per heavy atom. The van der Waals surface area contributed by atoms with E-state index in [0.717, 1.165) is 19.3 Å². The van der Waals surface area contributed by atoms with E-state index in [9.17, 15) is 8.42 Å². The van der Waals surface area contributed by atoms with Crippen molar-refractivity contribution in [2.45, 2.75) is 32.2 Å². The fraction of sp³-hybridized carbons (Fsp3) is 1.00. The zero-order valence-electron chi connectivity index (χ0n) is 7.86. The molecule has 0 aromatic heterocycles. The molecule has 2 unspecified atom stereocenters. The Hall–Kier alpha value is -0.130. The highest BCUT2D eigenvalue weighted by Gasteiger charge is 2.26. The molecule has 0 radical (unpaired) electrons. The van der Waals surface area contributed by atoms with E-state index >= 15 is 0 Å². The topological polar surface area (TPSA) is 66.4 Å². The minimum Gasteiger partial charge on any atom is -0.395 e. The highest BCUT2D eigenvalue weighted by Crippen LogP contribution is 2.25. The summed E-state index contributed by atoms with van der Waals surface area (Å²) in [4.78, 5) is 0. The molecule has 1 fully saturated rings. The van der Waals surface area contributed by atoms with Crippen molar-refractivity contribution in [2.75, 3.05) is 12.4 Å². The summed E-state index contributed by atoms with van der Waals surface area (Å²) in [6.45, 7) is 1.75. The highest BCUT2D eigenvalue weighted by atomic mass is 32.2. The molecular formula is C8H17NO3S. The van der Waals surface area contributed by atoms with E-state index in [-0.39, 0.29) is 18.4 Å². The Bertz CT molecular complexity index is 250. The van der Waals surface area contributed by atoms with Crippen LogP contribution in [0.15, 0.2) is 0 Å². The maximum atomic E-state index is 11.3. The fourth-order valence-electron chi connectivity index (χ4n) is 1.73. The third kappa shape index (κ3) is 3.25. The number of aliphatic hydroxyl groups excluding tert-OH is 1. The molecule has 0 bridgehead atoms. The minimum atomic E-state index is -3.25. The summed E-state index contributed by atoms with van der Waals surface area (Å²) in [6.07, 6.45) is 3.10. The van der Waals surface area contributed by atoms with E-state index in [4.69, 9.17) is 5.11 Å². The van der Waals surface area contributed by atoms with Gasteiger partial charge in [-0.3, -0.25) is 0 Å². The van der Waals surface area contributed by atoms with Gasteiger partial charge in [0.25, 0.3) is 0 Å². The summed E-state index contributed by atoms with van der Waals surface area (Å²) in [6, 6.07) is 0.0801. The number of nitrogens with one attached hydrogen (secondary N) is 1. The van der Waals surface area contributed by atoms with Gasteiger partial charge in [0.15, 0.2) is 0 Å². The molecule has 0 aromatic carbocycles. The van der Waals surface area contributed by atoms with Crippen LogP contribution >= 0.6 is 0 Å². The molecule has 1 rings (SSSR count). The summed E-state index contributed by atoms with van der Waals surface area (Å²) in [5, 5.41) is 8.52. The van der Waals surface area contributed by atoms with E-state index in [2.05, 4.69) is 11.6 Å². The second kappa shape index (κ2) is 4.39. The second-order valence-electron chi connectivity index (χ2n) is 3.68. The quantitative estimate of drug-likeness (QED) is 0.686. The van der Waals surface area contributed by atoms with Crippen LogP contribution < -0.4 is 4.72 Å². The molecule has 78 valence electrons. The fourth-order valence-corrected chi connectivity index (χ4v) is 2.90. The molecule has 0 amide bonds. The first-order valence-corrected chi connectivity index (χ1v) is 6.31. The van der Waals surface area contributed by atoms with Gasteiger partial charge in [-0.25, -0.2) is 13.1 Å². The maximum Gasteiger partial charge on any atom is 0.214 e. The monoisotopic (exact) mass is 207 g/mol. The Labute approximate surface area is 79.4 Å². The molecule has 1 aliphatic rings. The predicted octanol–water partition coefficient (Wildman–Crippen LogP) is 0.0867. The number of sulfonamides is 1. The number of rotatable bonds is 4. The van der Waals surface area contributed by atoms with Crippen LogP contribution in [0.4, 0.5) is 0 Å². The van der Waals surface area contributed by atoms with E-state index in [1.807, 2.05) is 0 Å². The van der Waals surface area contributed by atoms with Gasteiger partial charge in [-0.05, 0) is 18.8 Å². The van der Waals surface area contributed by atoms with Crippen molar-refractivity contribution in [1.82, 2.24) is 4.72 Å². The van der Waals surface area contributed by atoms with Crippen molar-refractivity contribution in [3.05, 3.63) is 0 Å². The standard InChI is InChI=1S/C8H17NO3S/c1-7-3-2-4-8(7)9-13(11,12)6-5-10/h7-10H,2-6H2,1H3. The van der Waals surface area contributed by atoms with Gasteiger partial charge in [0, 0.05) is 6.04 Å². The zero-order valence-corrected chi connectivity index (χ0v) is 8.68. The van der Waals surface area contributed by atoms with Gasteiger partial charge in [0.1, 0.15) is 0 Å². The lowest BCUT2D eigenvalue weighted by Crippen LogP contribution is -2.38. The second-order valence-corrected chi connectivity index (χ2v) is 5.55. The van der Waals surface area contributed by atoms with Gasteiger partial charge in [-0.15, -0.1) is 0 Å². The Balaban J connectivity index is 2.47. The van der Waals surface area contributed by atoms with Crippen LogP contribution in [0, 0.1) is 5.92 Å². The van der Waals surface area contributed by atoms with Gasteiger partial charge in [0.05, 0.1) is 12.4 Å². The average molecular weight is 207 g/mol. The minimum absolute atomic E-state index is 0.0801. The van der Waals surface area contributed by atoms with Crippen molar-refractivity contribution >= 4 is 10.0 Å². The van der Waals surface area contributed by atoms with Crippen molar-refractivity contribution < 1.29 is 13.5 Å². The van der Waals surface area contributed by atoms with E-state index < -0.39 is 10.0 Å². The van der Waals surface area contributed by atoms with Crippen LogP contribution in [0.5, 0.6) is 0 Å². The molecule has 0 saturated heterocycles. The van der Waals surface area contributed by atoms with Crippen LogP contribution in [-0.4, -0.2) is 31.9 Å². The van der Waals surface area contributed by atoms with Gasteiger partial charge in [0.2, 0.25) is 10.0 Å². The lowest BCUT2D eigenvalue weighted by atomic mass is 10.1. The van der Waals surface area contributed by atoms with Crippen molar-refractivity contribution in [1.29, 1.82) is 0 Å². The average Bonchev–Trinajstić information content (AvgIpc) is 2.35. The number of hydrogen-bond donors (Lipinski definition) is 2. The summed E-state index contributed by atoms with van der Waals surface area (Å²) in [5.74, 6) is 0.240. The summed E-state index contributed by atoms with van der Waals surface area (Å²) in [7, 11) is -3.25. The molecule has 2 atom stereocenters. The third-order valence-corrected chi connectivity index (χ3v) is 3.93. The summed E-state index contributed by atoms with van der Waals surface area (Å²) < 4.78 is 25.1. The van der Waals surface area contributed by atoms with Crippen LogP contribution in [0.3, 0.4) is 0 Å².